The SMILES string of the molecule is CC(=O)O.CC(=O)O.NC(=NCCCCCCN=C(N)/N=C(\N)Nc1ccc(Cl)cc1)/N=C(\N)Nc1ccc(Cl)cc1.NC(=NCCCCCCN=C(N)/N=C(\N)Nc1ccc(Cl)cc1)/N=C(\N)Nc1ccc(Cl)cc1.O=C(O)[C@H](O)[C@@H](O)[C@H](O)[C@H](O)CO.O=C(O)[C@H](O)[C@@H](O)[C@H](O)[C@H](O)CO. The summed E-state index contributed by atoms with van der Waals surface area (Å²) in [6.07, 6.45) is -8.31. The maximum Gasteiger partial charge on any atom is 0.335 e. The molecule has 8 atom stereocenters. The van der Waals surface area contributed by atoms with E-state index in [2.05, 4.69) is 61.2 Å². The molecule has 0 aliphatic carbocycles. The lowest BCUT2D eigenvalue weighted by Gasteiger charge is -2.23. The molecule has 4 aromatic rings. The summed E-state index contributed by atoms with van der Waals surface area (Å²) in [6.45, 7) is 2.73. The van der Waals surface area contributed by atoms with Crippen LogP contribution in [0.25, 0.3) is 0 Å². The van der Waals surface area contributed by atoms with Crippen molar-refractivity contribution in [1.29, 1.82) is 0 Å². The number of hydrogen-bond acceptors (Lipinski definition) is 18. The van der Waals surface area contributed by atoms with Gasteiger partial charge in [-0.3, -0.25) is 29.6 Å². The molecule has 42 heteroatoms. The fourth-order valence-corrected chi connectivity index (χ4v) is 7.24. The number of aliphatic imine (C=N–C) groups is 8. The summed E-state index contributed by atoms with van der Waals surface area (Å²) in [5, 5.41) is 133. The van der Waals surface area contributed by atoms with Crippen LogP contribution in [0.4, 0.5) is 22.7 Å². The Kier molecular flexibility index (Phi) is 51.2. The van der Waals surface area contributed by atoms with E-state index in [4.69, 9.17) is 173 Å². The molecule has 0 aromatic heterocycles. The van der Waals surface area contributed by atoms with E-state index in [-0.39, 0.29) is 47.7 Å². The zero-order valence-electron chi connectivity index (χ0n) is 55.4. The first-order valence-electron chi connectivity index (χ1n) is 30.1. The summed E-state index contributed by atoms with van der Waals surface area (Å²) in [4.78, 5) is 71.1. The van der Waals surface area contributed by atoms with Gasteiger partial charge in [-0.2, -0.15) is 20.0 Å². The molecule has 0 radical (unpaired) electrons. The first-order chi connectivity index (χ1) is 47.9. The minimum atomic E-state index is -2.20. The maximum atomic E-state index is 10.1. The minimum Gasteiger partial charge on any atom is -0.481 e. The molecule has 4 rings (SSSR count). The van der Waals surface area contributed by atoms with Crippen LogP contribution in [0.1, 0.15) is 65.2 Å². The van der Waals surface area contributed by atoms with Crippen LogP contribution in [0, 0.1) is 0 Å². The first-order valence-corrected chi connectivity index (χ1v) is 31.6. The lowest BCUT2D eigenvalue weighted by molar-refractivity contribution is -0.164. The second-order valence-corrected chi connectivity index (χ2v) is 22.1. The summed E-state index contributed by atoms with van der Waals surface area (Å²) >= 11 is 23.4. The number of nitrogens with one attached hydrogen (secondary N) is 4. The molecule has 0 fully saturated rings. The summed E-state index contributed by atoms with van der Waals surface area (Å²) < 4.78 is 0. The summed E-state index contributed by atoms with van der Waals surface area (Å²) in [6, 6.07) is 28.3. The average Bonchev–Trinajstić information content (AvgIpc) is 1.03. The molecular formula is C60H92Cl4N20O18. The number of nitrogens with zero attached hydrogens (tertiary/aromatic N) is 8. The van der Waals surface area contributed by atoms with E-state index in [1.165, 1.54) is 0 Å². The minimum absolute atomic E-state index is 0.124. The Bertz CT molecular complexity index is 2940. The highest BCUT2D eigenvalue weighted by Crippen LogP contribution is 2.17. The number of halogens is 4. The number of rotatable bonds is 28. The Balaban J connectivity index is 0. The molecule has 34 N–H and O–H groups in total. The summed E-state index contributed by atoms with van der Waals surface area (Å²) in [5.41, 5.74) is 49.5. The number of anilines is 4. The lowest BCUT2D eigenvalue weighted by atomic mass is 10.0. The predicted octanol–water partition coefficient (Wildman–Crippen LogP) is -0.131. The van der Waals surface area contributed by atoms with Crippen LogP contribution in [0.3, 0.4) is 0 Å². The highest BCUT2D eigenvalue weighted by Gasteiger charge is 2.35. The van der Waals surface area contributed by atoms with Gasteiger partial charge in [-0.05, 0) is 123 Å². The highest BCUT2D eigenvalue weighted by atomic mass is 35.5. The third-order valence-electron chi connectivity index (χ3n) is 11.6. The van der Waals surface area contributed by atoms with Gasteiger partial charge in [0.15, 0.2) is 12.2 Å². The predicted molar refractivity (Wildman–Crippen MR) is 394 cm³/mol. The van der Waals surface area contributed by atoms with Gasteiger partial charge in [0.1, 0.15) is 36.6 Å². The zero-order valence-corrected chi connectivity index (χ0v) is 58.4. The normalized spacial score (nSPS) is 14.4. The number of guanidine groups is 8. The van der Waals surface area contributed by atoms with E-state index in [9.17, 15) is 9.59 Å². The smallest absolute Gasteiger partial charge is 0.335 e. The molecule has 0 heterocycles. The molecule has 0 saturated carbocycles. The largest absolute Gasteiger partial charge is 0.481 e. The van der Waals surface area contributed by atoms with E-state index in [0.29, 0.717) is 46.3 Å². The number of carboxylic acids is 4. The van der Waals surface area contributed by atoms with Crippen LogP contribution >= 0.6 is 46.4 Å². The van der Waals surface area contributed by atoms with Crippen LogP contribution < -0.4 is 67.1 Å². The number of unbranched alkanes of at least 4 members (excludes halogenated alkanes) is 6. The quantitative estimate of drug-likeness (QED) is 0.0200. The standard InChI is InChI=1S/2C22H30Cl2N10.2C6H12O7.2C2H4O2/c2*23-15-5-9-17(10-6-15)31-21(27)33-19(25)29-13-3-1-2-4-14-30-20(26)34-22(28)32-18-11-7-16(24)8-12-18;2*7-1-2(8)3(9)4(10)5(11)6(12)13;2*1-2(3)4/h2*5-12H,1-4,13-14H2,(H5,25,27,29,31,33)(H5,26,28,30,32,34);2*2-5,7-11H,1H2,(H,12,13);2*1H3,(H,3,4)/t;;2*2-,3-,4+,5-;;/m..11../s1. The third-order valence-corrected chi connectivity index (χ3v) is 12.7. The van der Waals surface area contributed by atoms with Gasteiger partial charge in [-0.1, -0.05) is 72.1 Å². The maximum absolute atomic E-state index is 10.1. The van der Waals surface area contributed by atoms with Gasteiger partial charge in [0, 0.05) is 82.9 Å². The van der Waals surface area contributed by atoms with E-state index in [1.807, 2.05) is 0 Å². The van der Waals surface area contributed by atoms with Crippen molar-refractivity contribution in [1.82, 2.24) is 0 Å². The molecule has 0 aliphatic heterocycles. The van der Waals surface area contributed by atoms with Crippen molar-refractivity contribution < 1.29 is 90.7 Å². The number of carbonyl (C=O) groups is 4. The van der Waals surface area contributed by atoms with E-state index in [1.54, 1.807) is 97.1 Å². The van der Waals surface area contributed by atoms with Crippen LogP contribution in [-0.2, 0) is 19.2 Å². The van der Waals surface area contributed by atoms with E-state index in [0.717, 1.165) is 88.0 Å². The number of aliphatic carboxylic acids is 4. The van der Waals surface area contributed by atoms with Gasteiger partial charge in [0.05, 0.1) is 13.2 Å². The van der Waals surface area contributed by atoms with Crippen molar-refractivity contribution in [2.24, 2.45) is 85.8 Å². The topological polar surface area (TPSA) is 707 Å². The molecule has 38 nitrogen and oxygen atoms in total. The van der Waals surface area contributed by atoms with Gasteiger partial charge in [-0.15, -0.1) is 0 Å². The Morgan fingerprint density at radius 2 is 0.520 bits per heavy atom. The van der Waals surface area contributed by atoms with Crippen LogP contribution in [0.5, 0.6) is 0 Å². The number of aliphatic hydroxyl groups excluding tert-OH is 10. The van der Waals surface area contributed by atoms with Crippen molar-refractivity contribution in [2.75, 3.05) is 60.7 Å². The molecule has 568 valence electrons. The number of benzene rings is 4. The second kappa shape index (κ2) is 55.2. The van der Waals surface area contributed by atoms with Crippen LogP contribution in [0.2, 0.25) is 20.1 Å². The average molecular weight is 1520 g/mol. The Hall–Kier alpha value is -9.52. The van der Waals surface area contributed by atoms with E-state index >= 15 is 0 Å². The van der Waals surface area contributed by atoms with Gasteiger partial charge < -0.3 is 139 Å². The number of carboxylic acid groups (broad SMARTS) is 4. The van der Waals surface area contributed by atoms with Crippen molar-refractivity contribution in [3.63, 3.8) is 0 Å². The van der Waals surface area contributed by atoms with Crippen molar-refractivity contribution in [3.05, 3.63) is 117 Å². The van der Waals surface area contributed by atoms with Crippen molar-refractivity contribution in [2.45, 2.75) is 114 Å². The van der Waals surface area contributed by atoms with Gasteiger partial charge in [0.2, 0.25) is 47.7 Å². The molecule has 0 amide bonds. The van der Waals surface area contributed by atoms with Crippen molar-refractivity contribution in [3.8, 4) is 0 Å². The fraction of sp³-hybridized carbons (Fsp3) is 0.400. The van der Waals surface area contributed by atoms with Crippen LogP contribution in [0.15, 0.2) is 137 Å². The molecule has 0 unspecified atom stereocenters. The highest BCUT2D eigenvalue weighted by molar-refractivity contribution is 6.31. The summed E-state index contributed by atoms with van der Waals surface area (Å²) in [5.74, 6) is -3.99. The van der Waals surface area contributed by atoms with Crippen LogP contribution in [-0.4, -0.2) is 231 Å². The van der Waals surface area contributed by atoms with E-state index < -0.39 is 85.9 Å². The number of nitrogens with two attached hydrogens (primary N) is 8. The van der Waals surface area contributed by atoms with Gasteiger partial charge >= 0.3 is 11.9 Å². The van der Waals surface area contributed by atoms with Gasteiger partial charge in [0.25, 0.3) is 11.9 Å². The molecular weight excluding hydrogens is 1430 g/mol. The Labute approximate surface area is 606 Å². The first kappa shape index (κ1) is 94.5. The molecule has 0 spiro atoms. The van der Waals surface area contributed by atoms with Gasteiger partial charge in [-0.25, -0.2) is 9.59 Å². The summed E-state index contributed by atoms with van der Waals surface area (Å²) in [7, 11) is 0. The molecule has 102 heavy (non-hydrogen) atoms. The third kappa shape index (κ3) is 49.9. The second-order valence-electron chi connectivity index (χ2n) is 20.4. The Morgan fingerprint density at radius 3 is 0.676 bits per heavy atom. The molecule has 0 saturated heterocycles. The number of aliphatic hydroxyl groups is 10. The molecule has 0 aliphatic rings. The lowest BCUT2D eigenvalue weighted by Crippen LogP contribution is -2.48. The molecule has 4 aromatic carbocycles. The monoisotopic (exact) mass is 1520 g/mol. The fourth-order valence-electron chi connectivity index (χ4n) is 6.74. The molecule has 0 bridgehead atoms. The Morgan fingerprint density at radius 1 is 0.343 bits per heavy atom. The number of hydrogen-bond donors (Lipinski definition) is 26. The zero-order chi connectivity index (χ0) is 77.9. The van der Waals surface area contributed by atoms with Crippen molar-refractivity contribution >= 4 is 141 Å².